The number of carbonyl (C=O) groups is 2. The number of para-hydroxylation sites is 1. The van der Waals surface area contributed by atoms with E-state index >= 15 is 0 Å². The first-order valence-electron chi connectivity index (χ1n) is 11.8. The van der Waals surface area contributed by atoms with Crippen molar-refractivity contribution in [2.24, 2.45) is 5.92 Å². The van der Waals surface area contributed by atoms with Gasteiger partial charge in [0.2, 0.25) is 0 Å². The maximum Gasteiger partial charge on any atom is 0.261 e. The second kappa shape index (κ2) is 8.21. The van der Waals surface area contributed by atoms with Crippen LogP contribution in [0.3, 0.4) is 0 Å². The topological polar surface area (TPSA) is 83.0 Å². The monoisotopic (exact) mass is 473 g/mol. The molecule has 6 rings (SSSR count). The van der Waals surface area contributed by atoms with Crippen molar-refractivity contribution in [3.63, 3.8) is 0 Å². The molecule has 1 aromatic carbocycles. The highest BCUT2D eigenvalue weighted by molar-refractivity contribution is 7.16. The van der Waals surface area contributed by atoms with Gasteiger partial charge < -0.3 is 9.88 Å². The first-order chi connectivity index (χ1) is 16.5. The summed E-state index contributed by atoms with van der Waals surface area (Å²) in [5.41, 5.74) is 3.09. The quantitative estimate of drug-likeness (QED) is 0.424. The molecule has 34 heavy (non-hydrogen) atoms. The van der Waals surface area contributed by atoms with Crippen molar-refractivity contribution in [1.82, 2.24) is 25.0 Å². The van der Waals surface area contributed by atoms with Crippen LogP contribution >= 0.6 is 11.3 Å². The molecule has 0 atom stereocenters. The highest BCUT2D eigenvalue weighted by Crippen LogP contribution is 2.38. The molecule has 1 fully saturated rings. The molecule has 2 aliphatic rings. The summed E-state index contributed by atoms with van der Waals surface area (Å²) < 4.78 is 2.04. The number of rotatable bonds is 5. The van der Waals surface area contributed by atoms with Crippen LogP contribution in [0.2, 0.25) is 0 Å². The van der Waals surface area contributed by atoms with E-state index in [0.717, 1.165) is 33.2 Å². The summed E-state index contributed by atoms with van der Waals surface area (Å²) >= 11 is 1.58. The highest BCUT2D eigenvalue weighted by atomic mass is 32.1. The van der Waals surface area contributed by atoms with Gasteiger partial charge in [0, 0.05) is 35.1 Å². The van der Waals surface area contributed by atoms with Crippen LogP contribution in [0, 0.1) is 5.92 Å². The Morgan fingerprint density at radius 3 is 2.59 bits per heavy atom. The van der Waals surface area contributed by atoms with E-state index in [0.29, 0.717) is 28.8 Å². The van der Waals surface area contributed by atoms with Crippen molar-refractivity contribution in [3.05, 3.63) is 53.2 Å². The molecule has 1 aliphatic heterocycles. The van der Waals surface area contributed by atoms with Gasteiger partial charge in [-0.3, -0.25) is 19.6 Å². The fraction of sp³-hybridized carbons (Fsp3) is 0.346. The number of aromatic amines is 1. The van der Waals surface area contributed by atoms with E-state index in [1.54, 1.807) is 11.3 Å². The molecule has 1 aliphatic carbocycles. The first kappa shape index (κ1) is 21.3. The van der Waals surface area contributed by atoms with Crippen molar-refractivity contribution in [2.45, 2.75) is 38.3 Å². The maximum atomic E-state index is 13.1. The molecular weight excluding hydrogens is 446 g/mol. The number of aromatic nitrogens is 3. The standard InChI is InChI=1S/C26H27N5O2S/c1-30(2)16-9-7-15(8-10-16)14-31-20-6-4-3-5-18(20)23(29-31)22-21(24(32)28-25(22)33)19-13-27-26-17(19)11-12-34-26/h3-6,11-13,15-16,27H,7-10,14H2,1-2H3,(H,28,32,33). The normalized spacial score (nSPS) is 21.4. The van der Waals surface area contributed by atoms with Crippen molar-refractivity contribution < 1.29 is 9.59 Å². The van der Waals surface area contributed by atoms with Crippen LogP contribution in [0.25, 0.3) is 32.3 Å². The number of amides is 2. The lowest BCUT2D eigenvalue weighted by Gasteiger charge is -2.32. The summed E-state index contributed by atoms with van der Waals surface area (Å²) in [6.07, 6.45) is 6.54. The van der Waals surface area contributed by atoms with Crippen LogP contribution in [-0.4, -0.2) is 51.6 Å². The van der Waals surface area contributed by atoms with Crippen LogP contribution in [0.15, 0.2) is 41.9 Å². The molecule has 1 saturated carbocycles. The van der Waals surface area contributed by atoms with E-state index in [2.05, 4.69) is 35.4 Å². The molecule has 0 saturated heterocycles. The zero-order chi connectivity index (χ0) is 23.4. The van der Waals surface area contributed by atoms with Crippen LogP contribution in [0.4, 0.5) is 0 Å². The molecule has 2 N–H and O–H groups in total. The summed E-state index contributed by atoms with van der Waals surface area (Å²) in [6, 6.07) is 10.6. The third-order valence-corrected chi connectivity index (χ3v) is 8.22. The summed E-state index contributed by atoms with van der Waals surface area (Å²) in [5.74, 6) is -0.200. The van der Waals surface area contributed by atoms with Gasteiger partial charge in [0.1, 0.15) is 10.5 Å². The largest absolute Gasteiger partial charge is 0.352 e. The van der Waals surface area contributed by atoms with E-state index < -0.39 is 0 Å². The van der Waals surface area contributed by atoms with Crippen LogP contribution < -0.4 is 5.32 Å². The Labute approximate surface area is 201 Å². The molecule has 0 radical (unpaired) electrons. The number of imide groups is 1. The van der Waals surface area contributed by atoms with Gasteiger partial charge in [-0.05, 0) is 63.2 Å². The van der Waals surface area contributed by atoms with E-state index in [4.69, 9.17) is 5.10 Å². The SMILES string of the molecule is CN(C)C1CCC(Cn2nc(C3=C(c4c[nH]c5sccc45)C(=O)NC3=O)c3ccccc32)CC1. The first-order valence-corrected chi connectivity index (χ1v) is 12.7. The second-order valence-corrected chi connectivity index (χ2v) is 10.5. The van der Waals surface area contributed by atoms with Crippen molar-refractivity contribution in [3.8, 4) is 0 Å². The number of nitrogens with one attached hydrogen (secondary N) is 2. The Kier molecular flexibility index (Phi) is 5.15. The maximum absolute atomic E-state index is 13.1. The Bertz CT molecular complexity index is 1450. The number of H-pyrrole nitrogens is 1. The zero-order valence-electron chi connectivity index (χ0n) is 19.3. The molecule has 3 aromatic heterocycles. The zero-order valence-corrected chi connectivity index (χ0v) is 20.1. The number of hydrogen-bond donors (Lipinski definition) is 2. The Morgan fingerprint density at radius 2 is 1.79 bits per heavy atom. The molecule has 2 amide bonds. The third-order valence-electron chi connectivity index (χ3n) is 7.38. The molecule has 4 aromatic rings. The van der Waals surface area contributed by atoms with E-state index in [1.165, 1.54) is 25.7 Å². The average molecular weight is 474 g/mol. The second-order valence-electron chi connectivity index (χ2n) is 9.59. The number of nitrogens with zero attached hydrogens (tertiary/aromatic N) is 3. The molecule has 174 valence electrons. The number of thiophene rings is 1. The third kappa shape index (κ3) is 3.40. The fourth-order valence-corrected chi connectivity index (χ4v) is 6.31. The minimum Gasteiger partial charge on any atom is -0.352 e. The van der Waals surface area contributed by atoms with Crippen LogP contribution in [0.5, 0.6) is 0 Å². The summed E-state index contributed by atoms with van der Waals surface area (Å²) in [6.45, 7) is 0.817. The Balaban J connectivity index is 1.44. The van der Waals surface area contributed by atoms with E-state index in [9.17, 15) is 9.59 Å². The number of carbonyl (C=O) groups excluding carboxylic acids is 2. The average Bonchev–Trinajstić information content (AvgIpc) is 3.58. The molecule has 0 unspecified atom stereocenters. The van der Waals surface area contributed by atoms with Crippen molar-refractivity contribution >= 4 is 55.4 Å². The molecular formula is C26H27N5O2S. The van der Waals surface area contributed by atoms with Gasteiger partial charge in [0.25, 0.3) is 11.8 Å². The minimum absolute atomic E-state index is 0.364. The summed E-state index contributed by atoms with van der Waals surface area (Å²) in [7, 11) is 4.32. The van der Waals surface area contributed by atoms with Crippen molar-refractivity contribution in [1.29, 1.82) is 0 Å². The van der Waals surface area contributed by atoms with Crippen LogP contribution in [0.1, 0.15) is 36.9 Å². The smallest absolute Gasteiger partial charge is 0.261 e. The number of benzene rings is 1. The molecule has 7 nitrogen and oxygen atoms in total. The van der Waals surface area contributed by atoms with E-state index in [-0.39, 0.29) is 11.8 Å². The lowest BCUT2D eigenvalue weighted by atomic mass is 9.85. The molecule has 0 spiro atoms. The predicted octanol–water partition coefficient (Wildman–Crippen LogP) is 4.27. The summed E-state index contributed by atoms with van der Waals surface area (Å²) in [4.78, 5) is 32.5. The lowest BCUT2D eigenvalue weighted by molar-refractivity contribution is -0.122. The molecule has 4 heterocycles. The van der Waals surface area contributed by atoms with Crippen LogP contribution in [-0.2, 0) is 16.1 Å². The lowest BCUT2D eigenvalue weighted by Crippen LogP contribution is -2.33. The fourth-order valence-electron chi connectivity index (χ4n) is 5.53. The predicted molar refractivity (Wildman–Crippen MR) is 135 cm³/mol. The molecule has 0 bridgehead atoms. The molecule has 8 heteroatoms. The van der Waals surface area contributed by atoms with Gasteiger partial charge >= 0.3 is 0 Å². The van der Waals surface area contributed by atoms with Gasteiger partial charge in [-0.25, -0.2) is 0 Å². The van der Waals surface area contributed by atoms with Gasteiger partial charge in [-0.15, -0.1) is 11.3 Å². The number of fused-ring (bicyclic) bond motifs is 2. The van der Waals surface area contributed by atoms with Crippen molar-refractivity contribution in [2.75, 3.05) is 14.1 Å². The summed E-state index contributed by atoms with van der Waals surface area (Å²) in [5, 5.41) is 11.3. The van der Waals surface area contributed by atoms with Gasteiger partial charge in [0.05, 0.1) is 16.7 Å². The highest BCUT2D eigenvalue weighted by Gasteiger charge is 2.36. The number of hydrogen-bond acceptors (Lipinski definition) is 5. The van der Waals surface area contributed by atoms with Gasteiger partial charge in [-0.2, -0.15) is 5.10 Å². The Hall–Kier alpha value is -3.23. The van der Waals surface area contributed by atoms with E-state index in [1.807, 2.05) is 40.5 Å². The van der Waals surface area contributed by atoms with Gasteiger partial charge in [-0.1, -0.05) is 18.2 Å². The Morgan fingerprint density at radius 1 is 1.03 bits per heavy atom. The minimum atomic E-state index is -0.383. The van der Waals surface area contributed by atoms with Gasteiger partial charge in [0.15, 0.2) is 0 Å².